The van der Waals surface area contributed by atoms with E-state index in [2.05, 4.69) is 11.4 Å². The average Bonchev–Trinajstić information content (AvgIpc) is 2.40. The number of ether oxygens (including phenoxy) is 2. The topological polar surface area (TPSA) is 54.3 Å². The van der Waals surface area contributed by atoms with Crippen molar-refractivity contribution in [2.45, 2.75) is 25.8 Å². The zero-order chi connectivity index (χ0) is 13.5. The third kappa shape index (κ3) is 3.14. The van der Waals surface area contributed by atoms with E-state index in [1.54, 1.807) is 14.2 Å². The van der Waals surface area contributed by atoms with E-state index < -0.39 is 0 Å². The highest BCUT2D eigenvalue weighted by atomic mass is 16.5. The molecule has 0 saturated carbocycles. The number of hydrogen-bond acceptors (Lipinski definition) is 4. The van der Waals surface area contributed by atoms with E-state index >= 15 is 0 Å². The molecule has 0 bridgehead atoms. The maximum absolute atomic E-state index is 8.70. The van der Waals surface area contributed by atoms with Crippen LogP contribution in [0.4, 0.5) is 0 Å². The number of benzene rings is 1. The summed E-state index contributed by atoms with van der Waals surface area (Å²) in [5.74, 6) is 1.66. The SMILES string of the molecule is CNC(CCC#N)c1cc(OC)c(C)cc1OC. The van der Waals surface area contributed by atoms with Gasteiger partial charge in [-0.2, -0.15) is 5.26 Å². The number of nitrogens with one attached hydrogen (secondary N) is 1. The van der Waals surface area contributed by atoms with E-state index in [9.17, 15) is 0 Å². The van der Waals surface area contributed by atoms with Gasteiger partial charge in [0.25, 0.3) is 0 Å². The molecule has 0 heterocycles. The van der Waals surface area contributed by atoms with Crippen LogP contribution in [0.1, 0.15) is 30.0 Å². The zero-order valence-corrected chi connectivity index (χ0v) is 11.4. The fourth-order valence-electron chi connectivity index (χ4n) is 2.01. The second kappa shape index (κ2) is 6.87. The van der Waals surface area contributed by atoms with Crippen molar-refractivity contribution in [2.75, 3.05) is 21.3 Å². The Balaban J connectivity index is 3.14. The number of aryl methyl sites for hydroxylation is 1. The summed E-state index contributed by atoms with van der Waals surface area (Å²) in [6.45, 7) is 1.98. The van der Waals surface area contributed by atoms with Crippen LogP contribution in [0.2, 0.25) is 0 Å². The lowest BCUT2D eigenvalue weighted by Crippen LogP contribution is -2.17. The Morgan fingerprint density at radius 1 is 1.28 bits per heavy atom. The third-order valence-electron chi connectivity index (χ3n) is 3.02. The maximum atomic E-state index is 8.70. The van der Waals surface area contributed by atoms with Crippen molar-refractivity contribution in [3.63, 3.8) is 0 Å². The Morgan fingerprint density at radius 2 is 1.94 bits per heavy atom. The van der Waals surface area contributed by atoms with Crippen LogP contribution in [0, 0.1) is 18.3 Å². The highest BCUT2D eigenvalue weighted by Gasteiger charge is 2.16. The van der Waals surface area contributed by atoms with Gasteiger partial charge in [0.15, 0.2) is 0 Å². The Hall–Kier alpha value is -1.73. The van der Waals surface area contributed by atoms with Crippen LogP contribution in [-0.2, 0) is 0 Å². The van der Waals surface area contributed by atoms with Gasteiger partial charge in [-0.25, -0.2) is 0 Å². The molecule has 1 atom stereocenters. The van der Waals surface area contributed by atoms with Gasteiger partial charge in [-0.15, -0.1) is 0 Å². The van der Waals surface area contributed by atoms with E-state index in [0.717, 1.165) is 29.0 Å². The van der Waals surface area contributed by atoms with Gasteiger partial charge in [-0.05, 0) is 38.1 Å². The van der Waals surface area contributed by atoms with Gasteiger partial charge in [-0.1, -0.05) is 0 Å². The number of nitriles is 1. The van der Waals surface area contributed by atoms with Crippen molar-refractivity contribution < 1.29 is 9.47 Å². The van der Waals surface area contributed by atoms with Crippen molar-refractivity contribution in [3.05, 3.63) is 23.3 Å². The zero-order valence-electron chi connectivity index (χ0n) is 11.4. The number of hydrogen-bond donors (Lipinski definition) is 1. The summed E-state index contributed by atoms with van der Waals surface area (Å²) in [6.07, 6.45) is 1.25. The standard InChI is InChI=1S/C14H20N2O2/c1-10-8-14(18-4)11(9-13(10)17-3)12(16-2)6-5-7-15/h8-9,12,16H,5-6H2,1-4H3. The summed E-state index contributed by atoms with van der Waals surface area (Å²) in [5, 5.41) is 11.9. The molecule has 0 aromatic heterocycles. The third-order valence-corrected chi connectivity index (χ3v) is 3.02. The number of nitrogens with zero attached hydrogens (tertiary/aromatic N) is 1. The predicted molar refractivity (Wildman–Crippen MR) is 70.9 cm³/mol. The van der Waals surface area contributed by atoms with Crippen molar-refractivity contribution in [1.82, 2.24) is 5.32 Å². The lowest BCUT2D eigenvalue weighted by Gasteiger charge is -2.20. The van der Waals surface area contributed by atoms with Crippen LogP contribution in [0.5, 0.6) is 11.5 Å². The minimum atomic E-state index is 0.0918. The summed E-state index contributed by atoms with van der Waals surface area (Å²) < 4.78 is 10.7. The predicted octanol–water partition coefficient (Wildman–Crippen LogP) is 2.58. The number of methoxy groups -OCH3 is 2. The van der Waals surface area contributed by atoms with Crippen molar-refractivity contribution in [2.24, 2.45) is 0 Å². The van der Waals surface area contributed by atoms with Crippen LogP contribution in [-0.4, -0.2) is 21.3 Å². The van der Waals surface area contributed by atoms with Crippen molar-refractivity contribution >= 4 is 0 Å². The first kappa shape index (κ1) is 14.3. The van der Waals surface area contributed by atoms with E-state index in [-0.39, 0.29) is 6.04 Å². The molecule has 1 N–H and O–H groups in total. The molecule has 18 heavy (non-hydrogen) atoms. The van der Waals surface area contributed by atoms with Crippen LogP contribution in [0.25, 0.3) is 0 Å². The molecular formula is C14H20N2O2. The molecule has 0 aliphatic heterocycles. The van der Waals surface area contributed by atoms with Gasteiger partial charge in [0, 0.05) is 18.0 Å². The first-order valence-electron chi connectivity index (χ1n) is 5.94. The quantitative estimate of drug-likeness (QED) is 0.840. The molecule has 1 rings (SSSR count). The molecule has 1 aromatic rings. The molecule has 0 radical (unpaired) electrons. The summed E-state index contributed by atoms with van der Waals surface area (Å²) >= 11 is 0. The number of rotatable bonds is 6. The largest absolute Gasteiger partial charge is 0.496 e. The van der Waals surface area contributed by atoms with E-state index in [0.29, 0.717) is 6.42 Å². The molecule has 98 valence electrons. The lowest BCUT2D eigenvalue weighted by atomic mass is 9.99. The Morgan fingerprint density at radius 3 is 2.44 bits per heavy atom. The maximum Gasteiger partial charge on any atom is 0.124 e. The van der Waals surface area contributed by atoms with E-state index in [4.69, 9.17) is 14.7 Å². The molecule has 1 unspecified atom stereocenters. The Kier molecular flexibility index (Phi) is 5.47. The van der Waals surface area contributed by atoms with Gasteiger partial charge in [0.1, 0.15) is 11.5 Å². The molecule has 0 aliphatic carbocycles. The van der Waals surface area contributed by atoms with Gasteiger partial charge < -0.3 is 14.8 Å². The normalized spacial score (nSPS) is 11.7. The molecule has 1 aromatic carbocycles. The van der Waals surface area contributed by atoms with Gasteiger partial charge in [0.2, 0.25) is 0 Å². The smallest absolute Gasteiger partial charge is 0.124 e. The Bertz CT molecular complexity index is 438. The van der Waals surface area contributed by atoms with Crippen molar-refractivity contribution in [3.8, 4) is 17.6 Å². The van der Waals surface area contributed by atoms with E-state index in [1.165, 1.54) is 0 Å². The minimum Gasteiger partial charge on any atom is -0.496 e. The fourth-order valence-corrected chi connectivity index (χ4v) is 2.01. The van der Waals surface area contributed by atoms with Crippen LogP contribution in [0.3, 0.4) is 0 Å². The first-order valence-corrected chi connectivity index (χ1v) is 5.94. The molecule has 4 nitrogen and oxygen atoms in total. The highest BCUT2D eigenvalue weighted by Crippen LogP contribution is 2.33. The first-order chi connectivity index (χ1) is 8.67. The van der Waals surface area contributed by atoms with Crippen molar-refractivity contribution in [1.29, 1.82) is 5.26 Å². The monoisotopic (exact) mass is 248 g/mol. The van der Waals surface area contributed by atoms with Gasteiger partial charge in [-0.3, -0.25) is 0 Å². The molecule has 0 saturated heterocycles. The summed E-state index contributed by atoms with van der Waals surface area (Å²) in [5.41, 5.74) is 2.06. The highest BCUT2D eigenvalue weighted by molar-refractivity contribution is 5.47. The molecule has 0 aliphatic rings. The molecular weight excluding hydrogens is 228 g/mol. The molecule has 0 fully saturated rings. The summed E-state index contributed by atoms with van der Waals surface area (Å²) in [4.78, 5) is 0. The van der Waals surface area contributed by atoms with E-state index in [1.807, 2.05) is 26.1 Å². The molecule has 0 amide bonds. The average molecular weight is 248 g/mol. The molecule has 0 spiro atoms. The van der Waals surface area contributed by atoms with Crippen LogP contribution >= 0.6 is 0 Å². The Labute approximate surface area is 109 Å². The molecule has 4 heteroatoms. The summed E-state index contributed by atoms with van der Waals surface area (Å²) in [6, 6.07) is 6.20. The van der Waals surface area contributed by atoms with Gasteiger partial charge >= 0.3 is 0 Å². The second-order valence-corrected chi connectivity index (χ2v) is 4.10. The second-order valence-electron chi connectivity index (χ2n) is 4.10. The van der Waals surface area contributed by atoms with Crippen LogP contribution in [0.15, 0.2) is 12.1 Å². The van der Waals surface area contributed by atoms with Crippen LogP contribution < -0.4 is 14.8 Å². The van der Waals surface area contributed by atoms with Gasteiger partial charge in [0.05, 0.1) is 20.3 Å². The minimum absolute atomic E-state index is 0.0918. The summed E-state index contributed by atoms with van der Waals surface area (Å²) in [7, 11) is 5.19. The lowest BCUT2D eigenvalue weighted by molar-refractivity contribution is 0.387. The fraction of sp³-hybridized carbons (Fsp3) is 0.500.